The Morgan fingerprint density at radius 3 is 2.62 bits per heavy atom. The van der Waals surface area contributed by atoms with Gasteiger partial charge < -0.3 is 10.1 Å². The molecule has 0 unspecified atom stereocenters. The molecule has 1 N–H and O–H groups in total. The first-order valence-electron chi connectivity index (χ1n) is 5.72. The van der Waals surface area contributed by atoms with E-state index in [1.807, 2.05) is 0 Å². The van der Waals surface area contributed by atoms with Crippen LogP contribution in [-0.4, -0.2) is 55.1 Å². The zero-order valence-corrected chi connectivity index (χ0v) is 10.8. The van der Waals surface area contributed by atoms with E-state index in [9.17, 15) is 4.79 Å². The first kappa shape index (κ1) is 13.7. The molecule has 0 spiro atoms. The maximum atomic E-state index is 11.0. The highest BCUT2D eigenvalue weighted by Gasteiger charge is 2.27. The molecule has 0 bridgehead atoms. The molecule has 0 atom stereocenters. The number of nitrogens with zero attached hydrogens (tertiary/aromatic N) is 1. The van der Waals surface area contributed by atoms with E-state index in [1.54, 1.807) is 0 Å². The van der Waals surface area contributed by atoms with Crippen LogP contribution in [0, 0.1) is 0 Å². The highest BCUT2D eigenvalue weighted by Crippen LogP contribution is 2.19. The molecule has 0 aromatic heterocycles. The second-order valence-corrected chi connectivity index (χ2v) is 4.91. The molecule has 0 saturated carbocycles. The van der Waals surface area contributed by atoms with Crippen molar-refractivity contribution in [3.05, 3.63) is 0 Å². The molecule has 1 amide bonds. The molecular formula is C11H21ClN2O2. The fourth-order valence-corrected chi connectivity index (χ4v) is 1.98. The maximum Gasteiger partial charge on any atom is 0.234 e. The van der Waals surface area contributed by atoms with Gasteiger partial charge in [0.1, 0.15) is 5.88 Å². The van der Waals surface area contributed by atoms with Gasteiger partial charge in [-0.1, -0.05) is 0 Å². The number of amides is 1. The van der Waals surface area contributed by atoms with Crippen LogP contribution in [0.1, 0.15) is 20.3 Å². The number of rotatable bonds is 5. The van der Waals surface area contributed by atoms with Crippen molar-refractivity contribution in [2.45, 2.75) is 25.8 Å². The van der Waals surface area contributed by atoms with Crippen LogP contribution in [0.25, 0.3) is 0 Å². The number of carbonyl (C=O) groups excluding carboxylic acids is 1. The maximum absolute atomic E-state index is 11.0. The van der Waals surface area contributed by atoms with Crippen molar-refractivity contribution in [3.63, 3.8) is 0 Å². The molecule has 1 aliphatic rings. The number of nitrogens with one attached hydrogen (secondary N) is 1. The van der Waals surface area contributed by atoms with E-state index < -0.39 is 0 Å². The second kappa shape index (κ2) is 6.42. The van der Waals surface area contributed by atoms with Crippen LogP contribution in [-0.2, 0) is 9.53 Å². The minimum absolute atomic E-state index is 0.0397. The Hall–Kier alpha value is -0.320. The van der Waals surface area contributed by atoms with E-state index in [0.29, 0.717) is 6.54 Å². The summed E-state index contributed by atoms with van der Waals surface area (Å²) < 4.78 is 5.33. The molecule has 1 aliphatic heterocycles. The lowest BCUT2D eigenvalue weighted by Crippen LogP contribution is -2.51. The van der Waals surface area contributed by atoms with Gasteiger partial charge in [0.25, 0.3) is 0 Å². The molecule has 0 radical (unpaired) electrons. The quantitative estimate of drug-likeness (QED) is 0.734. The van der Waals surface area contributed by atoms with Gasteiger partial charge in [-0.15, -0.1) is 11.6 Å². The van der Waals surface area contributed by atoms with Gasteiger partial charge in [0.2, 0.25) is 5.91 Å². The minimum atomic E-state index is -0.0977. The third-order valence-corrected chi connectivity index (χ3v) is 3.29. The Morgan fingerprint density at radius 1 is 1.44 bits per heavy atom. The fraction of sp³-hybridized carbons (Fsp3) is 0.909. The smallest absolute Gasteiger partial charge is 0.234 e. The molecule has 1 saturated heterocycles. The van der Waals surface area contributed by atoms with Gasteiger partial charge in [-0.25, -0.2) is 0 Å². The number of carbonyl (C=O) groups is 1. The van der Waals surface area contributed by atoms with Crippen molar-refractivity contribution >= 4 is 17.5 Å². The summed E-state index contributed by atoms with van der Waals surface area (Å²) in [6.45, 7) is 8.62. The SMILES string of the molecule is CC(C)(CCNC(=O)CCl)N1CCOCC1. The monoisotopic (exact) mass is 248 g/mol. The standard InChI is InChI=1S/C11H21ClN2O2/c1-11(2,3-4-13-10(15)9-12)14-5-7-16-8-6-14/h3-9H2,1-2H3,(H,13,15). The van der Waals surface area contributed by atoms with Gasteiger partial charge in [-0.2, -0.15) is 0 Å². The largest absolute Gasteiger partial charge is 0.379 e. The zero-order chi connectivity index (χ0) is 12.0. The number of halogens is 1. The van der Waals surface area contributed by atoms with Crippen molar-refractivity contribution in [1.29, 1.82) is 0 Å². The van der Waals surface area contributed by atoms with Crippen LogP contribution in [0.15, 0.2) is 0 Å². The number of hydrogen-bond donors (Lipinski definition) is 1. The molecule has 1 heterocycles. The molecule has 0 aromatic rings. The van der Waals surface area contributed by atoms with Gasteiger partial charge in [0.15, 0.2) is 0 Å². The lowest BCUT2D eigenvalue weighted by molar-refractivity contribution is -0.118. The zero-order valence-electron chi connectivity index (χ0n) is 10.1. The summed E-state index contributed by atoms with van der Waals surface area (Å²) in [6, 6.07) is 0. The lowest BCUT2D eigenvalue weighted by atomic mass is 9.97. The molecule has 1 fully saturated rings. The first-order valence-corrected chi connectivity index (χ1v) is 6.25. The van der Waals surface area contributed by atoms with Crippen LogP contribution < -0.4 is 5.32 Å². The van der Waals surface area contributed by atoms with Crippen molar-refractivity contribution in [2.75, 3.05) is 38.7 Å². The van der Waals surface area contributed by atoms with Crippen LogP contribution in [0.3, 0.4) is 0 Å². The second-order valence-electron chi connectivity index (χ2n) is 4.65. The Balaban J connectivity index is 2.29. The van der Waals surface area contributed by atoms with Crippen LogP contribution in [0.5, 0.6) is 0 Å². The number of hydrogen-bond acceptors (Lipinski definition) is 3. The predicted octanol–water partition coefficient (Wildman–Crippen LogP) is 0.842. The van der Waals surface area contributed by atoms with Gasteiger partial charge in [0.05, 0.1) is 13.2 Å². The van der Waals surface area contributed by atoms with Crippen molar-refractivity contribution < 1.29 is 9.53 Å². The van der Waals surface area contributed by atoms with Crippen LogP contribution in [0.2, 0.25) is 0 Å². The third kappa shape index (κ3) is 4.28. The third-order valence-electron chi connectivity index (χ3n) is 3.05. The van der Waals surface area contributed by atoms with Crippen molar-refractivity contribution in [3.8, 4) is 0 Å². The van der Waals surface area contributed by atoms with E-state index in [4.69, 9.17) is 16.3 Å². The van der Waals surface area contributed by atoms with Crippen LogP contribution in [0.4, 0.5) is 0 Å². The minimum Gasteiger partial charge on any atom is -0.379 e. The molecule has 0 aliphatic carbocycles. The van der Waals surface area contributed by atoms with Gasteiger partial charge >= 0.3 is 0 Å². The normalized spacial score (nSPS) is 18.4. The summed E-state index contributed by atoms with van der Waals surface area (Å²) in [4.78, 5) is 13.4. The van der Waals surface area contributed by atoms with Gasteiger partial charge in [-0.3, -0.25) is 9.69 Å². The molecular weight excluding hydrogens is 228 g/mol. The average Bonchev–Trinajstić information content (AvgIpc) is 2.30. The Morgan fingerprint density at radius 2 is 2.06 bits per heavy atom. The number of alkyl halides is 1. The Labute approximate surface area is 102 Å². The van der Waals surface area contributed by atoms with E-state index in [-0.39, 0.29) is 17.3 Å². The van der Waals surface area contributed by atoms with E-state index in [0.717, 1.165) is 32.7 Å². The van der Waals surface area contributed by atoms with Gasteiger partial charge in [-0.05, 0) is 20.3 Å². The Kier molecular flexibility index (Phi) is 5.52. The summed E-state index contributed by atoms with van der Waals surface area (Å²) in [5.41, 5.74) is 0.101. The first-order chi connectivity index (χ1) is 7.56. The molecule has 4 nitrogen and oxygen atoms in total. The van der Waals surface area contributed by atoms with E-state index in [1.165, 1.54) is 0 Å². The predicted molar refractivity (Wildman–Crippen MR) is 64.8 cm³/mol. The highest BCUT2D eigenvalue weighted by atomic mass is 35.5. The fourth-order valence-electron chi connectivity index (χ4n) is 1.88. The lowest BCUT2D eigenvalue weighted by Gasteiger charge is -2.41. The highest BCUT2D eigenvalue weighted by molar-refractivity contribution is 6.27. The number of ether oxygens (including phenoxy) is 1. The average molecular weight is 249 g/mol. The number of morpholine rings is 1. The van der Waals surface area contributed by atoms with Crippen molar-refractivity contribution in [2.24, 2.45) is 0 Å². The molecule has 94 valence electrons. The van der Waals surface area contributed by atoms with Gasteiger partial charge in [0, 0.05) is 25.2 Å². The summed E-state index contributed by atoms with van der Waals surface area (Å²) in [6.07, 6.45) is 0.926. The molecule has 1 rings (SSSR count). The summed E-state index contributed by atoms with van der Waals surface area (Å²) in [5, 5.41) is 2.80. The topological polar surface area (TPSA) is 41.6 Å². The summed E-state index contributed by atoms with van der Waals surface area (Å²) in [7, 11) is 0. The molecule has 0 aromatic carbocycles. The Bertz CT molecular complexity index is 228. The summed E-state index contributed by atoms with van der Waals surface area (Å²) in [5.74, 6) is -0.0581. The van der Waals surface area contributed by atoms with E-state index >= 15 is 0 Å². The van der Waals surface area contributed by atoms with E-state index in [2.05, 4.69) is 24.1 Å². The molecule has 5 heteroatoms. The van der Waals surface area contributed by atoms with Crippen LogP contribution >= 0.6 is 11.6 Å². The van der Waals surface area contributed by atoms with Crippen molar-refractivity contribution in [1.82, 2.24) is 10.2 Å². The summed E-state index contributed by atoms with van der Waals surface area (Å²) >= 11 is 5.41. The molecule has 16 heavy (non-hydrogen) atoms.